The van der Waals surface area contributed by atoms with Crippen LogP contribution in [0.25, 0.3) is 0 Å². The van der Waals surface area contributed by atoms with Gasteiger partial charge in [-0.15, -0.1) is 0 Å². The molecule has 0 heterocycles. The number of anilines is 1. The van der Waals surface area contributed by atoms with Crippen LogP contribution in [-0.2, 0) is 11.2 Å². The molecule has 20 heavy (non-hydrogen) atoms. The maximum absolute atomic E-state index is 12.1. The van der Waals surface area contributed by atoms with Gasteiger partial charge in [-0.3, -0.25) is 4.79 Å². The summed E-state index contributed by atoms with van der Waals surface area (Å²) in [5.74, 6) is -0.384. The van der Waals surface area contributed by atoms with Gasteiger partial charge in [0.2, 0.25) is 5.91 Å². The topological polar surface area (TPSA) is 104 Å². The molecule has 110 valence electrons. The molecule has 1 rings (SSSR count). The van der Waals surface area contributed by atoms with Gasteiger partial charge < -0.3 is 21.5 Å². The van der Waals surface area contributed by atoms with Crippen LogP contribution in [0.1, 0.15) is 19.4 Å². The fourth-order valence-electron chi connectivity index (χ4n) is 1.79. The molecule has 1 aromatic carbocycles. The first-order valence-corrected chi connectivity index (χ1v) is 6.50. The predicted molar refractivity (Wildman–Crippen MR) is 77.2 cm³/mol. The third kappa shape index (κ3) is 4.89. The van der Waals surface area contributed by atoms with Crippen LogP contribution in [0.3, 0.4) is 0 Å². The summed E-state index contributed by atoms with van der Waals surface area (Å²) in [4.78, 5) is 23.0. The fraction of sp³-hybridized carbons (Fsp3) is 0.429. The standard InChI is InChI=1S/C14H21N3O3/c1-9(2)12(17-14(15)20)13(19)16-11-5-3-10(4-6-11)7-8-18/h3-6,9,12,18H,7-8H2,1-2H3,(H,16,19)(H3,15,17,20)/t12-/m1/s1. The number of rotatable bonds is 6. The number of carbonyl (C=O) groups excluding carboxylic acids is 2. The largest absolute Gasteiger partial charge is 0.396 e. The lowest BCUT2D eigenvalue weighted by atomic mass is 10.0. The molecule has 5 N–H and O–H groups in total. The Bertz CT molecular complexity index is 457. The van der Waals surface area contributed by atoms with Gasteiger partial charge >= 0.3 is 6.03 Å². The highest BCUT2D eigenvalue weighted by atomic mass is 16.3. The van der Waals surface area contributed by atoms with E-state index in [2.05, 4.69) is 10.6 Å². The van der Waals surface area contributed by atoms with Crippen LogP contribution in [0, 0.1) is 5.92 Å². The number of primary amides is 1. The molecule has 6 heteroatoms. The van der Waals surface area contributed by atoms with Crippen molar-refractivity contribution in [2.24, 2.45) is 11.7 Å². The molecule has 0 spiro atoms. The van der Waals surface area contributed by atoms with Crippen LogP contribution in [0.4, 0.5) is 10.5 Å². The van der Waals surface area contributed by atoms with E-state index < -0.39 is 12.1 Å². The Labute approximate surface area is 118 Å². The summed E-state index contributed by atoms with van der Waals surface area (Å²) in [6.45, 7) is 3.73. The van der Waals surface area contributed by atoms with Crippen molar-refractivity contribution in [1.82, 2.24) is 5.32 Å². The first kappa shape index (κ1) is 16.0. The van der Waals surface area contributed by atoms with Crippen LogP contribution in [-0.4, -0.2) is 29.7 Å². The predicted octanol–water partition coefficient (Wildman–Crippen LogP) is 0.853. The summed E-state index contributed by atoms with van der Waals surface area (Å²) in [6, 6.07) is 5.77. The van der Waals surface area contributed by atoms with E-state index in [0.717, 1.165) is 5.56 Å². The summed E-state index contributed by atoms with van der Waals surface area (Å²) >= 11 is 0. The van der Waals surface area contributed by atoms with Crippen molar-refractivity contribution in [2.45, 2.75) is 26.3 Å². The van der Waals surface area contributed by atoms with Crippen molar-refractivity contribution in [3.8, 4) is 0 Å². The Kier molecular flexibility index (Phi) is 5.99. The van der Waals surface area contributed by atoms with E-state index in [-0.39, 0.29) is 18.4 Å². The average molecular weight is 279 g/mol. The average Bonchev–Trinajstić information content (AvgIpc) is 2.38. The third-order valence-electron chi connectivity index (χ3n) is 2.87. The number of hydrogen-bond donors (Lipinski definition) is 4. The zero-order valence-electron chi connectivity index (χ0n) is 11.7. The smallest absolute Gasteiger partial charge is 0.312 e. The number of nitrogens with one attached hydrogen (secondary N) is 2. The van der Waals surface area contributed by atoms with Gasteiger partial charge in [0.1, 0.15) is 6.04 Å². The van der Waals surface area contributed by atoms with Gasteiger partial charge in [0, 0.05) is 12.3 Å². The van der Waals surface area contributed by atoms with Gasteiger partial charge in [-0.1, -0.05) is 26.0 Å². The quantitative estimate of drug-likeness (QED) is 0.620. The van der Waals surface area contributed by atoms with Crippen LogP contribution in [0.5, 0.6) is 0 Å². The number of benzene rings is 1. The number of carbonyl (C=O) groups is 2. The van der Waals surface area contributed by atoms with E-state index in [0.29, 0.717) is 12.1 Å². The Hall–Kier alpha value is -2.08. The van der Waals surface area contributed by atoms with E-state index in [4.69, 9.17) is 10.8 Å². The number of aliphatic hydroxyl groups excluding tert-OH is 1. The lowest BCUT2D eigenvalue weighted by Gasteiger charge is -2.20. The Morgan fingerprint density at radius 1 is 1.25 bits per heavy atom. The van der Waals surface area contributed by atoms with Crippen molar-refractivity contribution in [2.75, 3.05) is 11.9 Å². The maximum atomic E-state index is 12.1. The second kappa shape index (κ2) is 7.49. The zero-order valence-corrected chi connectivity index (χ0v) is 11.7. The number of amides is 3. The lowest BCUT2D eigenvalue weighted by Crippen LogP contribution is -2.49. The van der Waals surface area contributed by atoms with Gasteiger partial charge in [0.05, 0.1) is 0 Å². The van der Waals surface area contributed by atoms with Crippen molar-refractivity contribution < 1.29 is 14.7 Å². The SMILES string of the molecule is CC(C)[C@@H](NC(N)=O)C(=O)Nc1ccc(CCO)cc1. The van der Waals surface area contributed by atoms with Crippen LogP contribution in [0.2, 0.25) is 0 Å². The maximum Gasteiger partial charge on any atom is 0.312 e. The highest BCUT2D eigenvalue weighted by molar-refractivity contribution is 5.97. The second-order valence-corrected chi connectivity index (χ2v) is 4.89. The van der Waals surface area contributed by atoms with Gasteiger partial charge in [-0.25, -0.2) is 4.79 Å². The normalized spacial score (nSPS) is 12.0. The molecule has 6 nitrogen and oxygen atoms in total. The molecular formula is C14H21N3O3. The van der Waals surface area contributed by atoms with Gasteiger partial charge in [0.15, 0.2) is 0 Å². The molecule has 0 fully saturated rings. The van der Waals surface area contributed by atoms with Crippen molar-refractivity contribution in [3.05, 3.63) is 29.8 Å². The summed E-state index contributed by atoms with van der Waals surface area (Å²) in [5.41, 5.74) is 6.68. The molecule has 1 atom stereocenters. The fourth-order valence-corrected chi connectivity index (χ4v) is 1.79. The van der Waals surface area contributed by atoms with Gasteiger partial charge in [-0.2, -0.15) is 0 Å². The molecule has 0 radical (unpaired) electrons. The first-order chi connectivity index (χ1) is 9.43. The minimum atomic E-state index is -0.725. The molecule has 0 unspecified atom stereocenters. The van der Waals surface area contributed by atoms with Crippen molar-refractivity contribution >= 4 is 17.6 Å². The molecule has 0 bridgehead atoms. The summed E-state index contributed by atoms with van der Waals surface area (Å²) < 4.78 is 0. The van der Waals surface area contributed by atoms with Crippen LogP contribution < -0.4 is 16.4 Å². The van der Waals surface area contributed by atoms with E-state index in [1.165, 1.54) is 0 Å². The van der Waals surface area contributed by atoms with Crippen LogP contribution >= 0.6 is 0 Å². The monoisotopic (exact) mass is 279 g/mol. The van der Waals surface area contributed by atoms with E-state index in [1.807, 2.05) is 26.0 Å². The van der Waals surface area contributed by atoms with Crippen LogP contribution in [0.15, 0.2) is 24.3 Å². The molecule has 0 saturated heterocycles. The van der Waals surface area contributed by atoms with Gasteiger partial charge in [-0.05, 0) is 30.0 Å². The molecular weight excluding hydrogens is 258 g/mol. The Morgan fingerprint density at radius 3 is 2.30 bits per heavy atom. The minimum Gasteiger partial charge on any atom is -0.396 e. The summed E-state index contributed by atoms with van der Waals surface area (Å²) in [6.07, 6.45) is 0.575. The Balaban J connectivity index is 2.69. The Morgan fingerprint density at radius 2 is 1.85 bits per heavy atom. The van der Waals surface area contributed by atoms with E-state index >= 15 is 0 Å². The van der Waals surface area contributed by atoms with E-state index in [1.54, 1.807) is 12.1 Å². The number of urea groups is 1. The van der Waals surface area contributed by atoms with Crippen molar-refractivity contribution in [1.29, 1.82) is 0 Å². The molecule has 0 aliphatic carbocycles. The second-order valence-electron chi connectivity index (χ2n) is 4.89. The molecule has 0 aliphatic heterocycles. The minimum absolute atomic E-state index is 0.0730. The summed E-state index contributed by atoms with van der Waals surface area (Å²) in [7, 11) is 0. The highest BCUT2D eigenvalue weighted by Crippen LogP contribution is 2.12. The third-order valence-corrected chi connectivity index (χ3v) is 2.87. The number of nitrogens with two attached hydrogens (primary N) is 1. The first-order valence-electron chi connectivity index (χ1n) is 6.50. The van der Waals surface area contributed by atoms with E-state index in [9.17, 15) is 9.59 Å². The summed E-state index contributed by atoms with van der Waals surface area (Å²) in [5, 5.41) is 14.0. The lowest BCUT2D eigenvalue weighted by molar-refractivity contribution is -0.118. The number of hydrogen-bond acceptors (Lipinski definition) is 3. The number of aliphatic hydroxyl groups is 1. The molecule has 0 aromatic heterocycles. The van der Waals surface area contributed by atoms with Gasteiger partial charge in [0.25, 0.3) is 0 Å². The molecule has 0 saturated carbocycles. The molecule has 3 amide bonds. The highest BCUT2D eigenvalue weighted by Gasteiger charge is 2.23. The van der Waals surface area contributed by atoms with Crippen molar-refractivity contribution in [3.63, 3.8) is 0 Å². The molecule has 1 aromatic rings. The zero-order chi connectivity index (χ0) is 15.1. The molecule has 0 aliphatic rings.